The third-order valence-corrected chi connectivity index (χ3v) is 3.83. The highest BCUT2D eigenvalue weighted by atomic mass is 16.3. The van der Waals surface area contributed by atoms with Gasteiger partial charge in [-0.05, 0) is 28.8 Å². The molecule has 0 aromatic heterocycles. The Morgan fingerprint density at radius 2 is 1.48 bits per heavy atom. The maximum absolute atomic E-state index is 10.0. The molecule has 0 fully saturated rings. The van der Waals surface area contributed by atoms with Crippen LogP contribution >= 0.6 is 0 Å². The minimum absolute atomic E-state index is 0.392. The van der Waals surface area contributed by atoms with Crippen molar-refractivity contribution in [2.24, 2.45) is 0 Å². The Balaban J connectivity index is 1.74. The predicted molar refractivity (Wildman–Crippen MR) is 87.3 cm³/mol. The van der Waals surface area contributed by atoms with Crippen LogP contribution in [0.3, 0.4) is 0 Å². The summed E-state index contributed by atoms with van der Waals surface area (Å²) in [6.07, 6.45) is 0. The number of aryl methyl sites for hydroxylation is 1. The summed E-state index contributed by atoms with van der Waals surface area (Å²) in [7, 11) is 0. The molecular weight excluding hydrogens is 258 g/mol. The number of benzene rings is 3. The average molecular weight is 277 g/mol. The van der Waals surface area contributed by atoms with Gasteiger partial charge < -0.3 is 10.4 Å². The number of fused-ring (bicyclic) bond motifs is 1. The van der Waals surface area contributed by atoms with Gasteiger partial charge in [-0.2, -0.15) is 0 Å². The van der Waals surface area contributed by atoms with Gasteiger partial charge in [-0.15, -0.1) is 0 Å². The highest BCUT2D eigenvalue weighted by Gasteiger charge is 2.04. The SMILES string of the molecule is Cc1cccc(CNCc2cccc3ccccc23)c1O. The normalized spacial score (nSPS) is 10.9. The second-order valence-corrected chi connectivity index (χ2v) is 5.32. The molecule has 0 heterocycles. The van der Waals surface area contributed by atoms with Crippen LogP contribution in [0, 0.1) is 6.92 Å². The number of phenolic OH excluding ortho intramolecular Hbond substituents is 1. The molecule has 106 valence electrons. The summed E-state index contributed by atoms with van der Waals surface area (Å²) < 4.78 is 0. The molecule has 0 bridgehead atoms. The van der Waals surface area contributed by atoms with Crippen LogP contribution in [0.2, 0.25) is 0 Å². The molecule has 3 aromatic rings. The maximum atomic E-state index is 10.0. The van der Waals surface area contributed by atoms with Gasteiger partial charge >= 0.3 is 0 Å². The molecule has 0 spiro atoms. The van der Waals surface area contributed by atoms with Crippen LogP contribution in [-0.2, 0) is 13.1 Å². The van der Waals surface area contributed by atoms with Gasteiger partial charge in [0.1, 0.15) is 5.75 Å². The minimum atomic E-state index is 0.392. The highest BCUT2D eigenvalue weighted by Crippen LogP contribution is 2.22. The number of hydrogen-bond donors (Lipinski definition) is 2. The van der Waals surface area contributed by atoms with Gasteiger partial charge in [-0.1, -0.05) is 60.7 Å². The number of phenols is 1. The molecule has 2 N–H and O–H groups in total. The summed E-state index contributed by atoms with van der Waals surface area (Å²) in [5.41, 5.74) is 3.13. The van der Waals surface area contributed by atoms with Crippen molar-refractivity contribution < 1.29 is 5.11 Å². The molecule has 0 unspecified atom stereocenters. The molecule has 0 aliphatic rings. The van der Waals surface area contributed by atoms with Crippen molar-refractivity contribution in [1.82, 2.24) is 5.32 Å². The van der Waals surface area contributed by atoms with Crippen LogP contribution in [0.25, 0.3) is 10.8 Å². The van der Waals surface area contributed by atoms with Gasteiger partial charge in [0.15, 0.2) is 0 Å². The lowest BCUT2D eigenvalue weighted by atomic mass is 10.0. The zero-order chi connectivity index (χ0) is 14.7. The first-order valence-electron chi connectivity index (χ1n) is 7.20. The highest BCUT2D eigenvalue weighted by molar-refractivity contribution is 5.85. The lowest BCUT2D eigenvalue weighted by Crippen LogP contribution is -2.13. The van der Waals surface area contributed by atoms with E-state index in [0.29, 0.717) is 12.3 Å². The fourth-order valence-corrected chi connectivity index (χ4v) is 2.64. The third-order valence-electron chi connectivity index (χ3n) is 3.83. The lowest BCUT2D eigenvalue weighted by molar-refractivity contribution is 0.460. The lowest BCUT2D eigenvalue weighted by Gasteiger charge is -2.10. The van der Waals surface area contributed by atoms with Crippen LogP contribution in [0.5, 0.6) is 5.75 Å². The van der Waals surface area contributed by atoms with Crippen LogP contribution < -0.4 is 5.32 Å². The smallest absolute Gasteiger partial charge is 0.122 e. The standard InChI is InChI=1S/C19H19NO/c1-14-6-4-10-17(19(14)21)13-20-12-16-9-5-8-15-7-2-3-11-18(15)16/h2-11,20-21H,12-13H2,1H3. The molecule has 0 saturated heterocycles. The molecule has 21 heavy (non-hydrogen) atoms. The van der Waals surface area contributed by atoms with E-state index in [1.165, 1.54) is 16.3 Å². The van der Waals surface area contributed by atoms with Crippen molar-refractivity contribution in [3.05, 3.63) is 77.4 Å². The average Bonchev–Trinajstić information content (AvgIpc) is 2.52. The van der Waals surface area contributed by atoms with Gasteiger partial charge in [0.05, 0.1) is 0 Å². The van der Waals surface area contributed by atoms with Crippen molar-refractivity contribution in [3.63, 3.8) is 0 Å². The Morgan fingerprint density at radius 1 is 0.810 bits per heavy atom. The quantitative estimate of drug-likeness (QED) is 0.751. The second-order valence-electron chi connectivity index (χ2n) is 5.32. The summed E-state index contributed by atoms with van der Waals surface area (Å²) in [4.78, 5) is 0. The Hall–Kier alpha value is -2.32. The van der Waals surface area contributed by atoms with Crippen LogP contribution in [0.4, 0.5) is 0 Å². The van der Waals surface area contributed by atoms with Crippen molar-refractivity contribution in [2.45, 2.75) is 20.0 Å². The zero-order valence-corrected chi connectivity index (χ0v) is 12.1. The van der Waals surface area contributed by atoms with Crippen molar-refractivity contribution in [3.8, 4) is 5.75 Å². The maximum Gasteiger partial charge on any atom is 0.122 e. The monoisotopic (exact) mass is 277 g/mol. The fraction of sp³-hybridized carbons (Fsp3) is 0.158. The molecule has 3 aromatic carbocycles. The first-order chi connectivity index (χ1) is 10.3. The van der Waals surface area contributed by atoms with Crippen molar-refractivity contribution >= 4 is 10.8 Å². The molecule has 0 aliphatic heterocycles. The van der Waals surface area contributed by atoms with Crippen molar-refractivity contribution in [2.75, 3.05) is 0 Å². The van der Waals surface area contributed by atoms with Gasteiger partial charge in [0.2, 0.25) is 0 Å². The third kappa shape index (κ3) is 2.91. The zero-order valence-electron chi connectivity index (χ0n) is 12.1. The molecule has 0 saturated carbocycles. The number of nitrogens with one attached hydrogen (secondary N) is 1. The summed E-state index contributed by atoms with van der Waals surface area (Å²) in [6.45, 7) is 3.37. The van der Waals surface area contributed by atoms with E-state index in [1.54, 1.807) is 0 Å². The van der Waals surface area contributed by atoms with E-state index >= 15 is 0 Å². The Bertz CT molecular complexity index is 759. The first-order valence-corrected chi connectivity index (χ1v) is 7.20. The van der Waals surface area contributed by atoms with E-state index < -0.39 is 0 Å². The number of aromatic hydroxyl groups is 1. The molecule has 3 rings (SSSR count). The molecular formula is C19H19NO. The molecule has 2 nitrogen and oxygen atoms in total. The number of hydrogen-bond acceptors (Lipinski definition) is 2. The first kappa shape index (κ1) is 13.7. The van der Waals surface area contributed by atoms with E-state index in [9.17, 15) is 5.11 Å². The molecule has 2 heteroatoms. The Morgan fingerprint density at radius 3 is 2.38 bits per heavy atom. The fourth-order valence-electron chi connectivity index (χ4n) is 2.64. The Kier molecular flexibility index (Phi) is 3.89. The second kappa shape index (κ2) is 5.98. The van der Waals surface area contributed by atoms with Gasteiger partial charge in [-0.25, -0.2) is 0 Å². The molecule has 0 atom stereocenters. The van der Waals surface area contributed by atoms with Gasteiger partial charge in [-0.3, -0.25) is 0 Å². The van der Waals surface area contributed by atoms with E-state index in [2.05, 4.69) is 47.8 Å². The molecule has 0 aliphatic carbocycles. The van der Waals surface area contributed by atoms with E-state index in [-0.39, 0.29) is 0 Å². The van der Waals surface area contributed by atoms with Crippen LogP contribution in [-0.4, -0.2) is 5.11 Å². The van der Waals surface area contributed by atoms with E-state index in [1.807, 2.05) is 25.1 Å². The van der Waals surface area contributed by atoms with E-state index in [0.717, 1.165) is 17.7 Å². The largest absolute Gasteiger partial charge is 0.507 e. The minimum Gasteiger partial charge on any atom is -0.507 e. The summed E-state index contributed by atoms with van der Waals surface area (Å²) in [5.74, 6) is 0.392. The number of para-hydroxylation sites is 1. The predicted octanol–water partition coefficient (Wildman–Crippen LogP) is 4.14. The van der Waals surface area contributed by atoms with E-state index in [4.69, 9.17) is 0 Å². The summed E-state index contributed by atoms with van der Waals surface area (Å²) >= 11 is 0. The van der Waals surface area contributed by atoms with Gasteiger partial charge in [0, 0.05) is 18.7 Å². The summed E-state index contributed by atoms with van der Waals surface area (Å²) in [5, 5.41) is 16.0. The summed E-state index contributed by atoms with van der Waals surface area (Å²) in [6, 6.07) is 20.6. The number of rotatable bonds is 4. The van der Waals surface area contributed by atoms with Gasteiger partial charge in [0.25, 0.3) is 0 Å². The molecule has 0 radical (unpaired) electrons. The molecule has 0 amide bonds. The Labute approximate surface area is 125 Å². The van der Waals surface area contributed by atoms with Crippen LogP contribution in [0.15, 0.2) is 60.7 Å². The topological polar surface area (TPSA) is 32.3 Å². The van der Waals surface area contributed by atoms with Crippen molar-refractivity contribution in [1.29, 1.82) is 0 Å². The van der Waals surface area contributed by atoms with Crippen LogP contribution in [0.1, 0.15) is 16.7 Å².